The van der Waals surface area contributed by atoms with Crippen LogP contribution in [0.4, 0.5) is 0 Å². The van der Waals surface area contributed by atoms with Gasteiger partial charge in [-0.1, -0.05) is 24.3 Å². The molecule has 0 bridgehead atoms. The Balaban J connectivity index is 2.33. The Morgan fingerprint density at radius 3 is 2.89 bits per heavy atom. The summed E-state index contributed by atoms with van der Waals surface area (Å²) in [7, 11) is 0. The largest absolute Gasteiger partial charge is 0.491 e. The summed E-state index contributed by atoms with van der Waals surface area (Å²) in [5.74, 6) is -0.450. The molecule has 18 heavy (non-hydrogen) atoms. The predicted molar refractivity (Wildman–Crippen MR) is 64.1 cm³/mol. The van der Waals surface area contributed by atoms with Crippen LogP contribution >= 0.6 is 0 Å². The number of rotatable bonds is 5. The van der Waals surface area contributed by atoms with Crippen molar-refractivity contribution in [2.45, 2.75) is 13.3 Å². The Labute approximate surface area is 104 Å². The van der Waals surface area contributed by atoms with Gasteiger partial charge in [-0.05, 0) is 18.6 Å². The number of carboxylic acids is 1. The van der Waals surface area contributed by atoms with E-state index in [4.69, 9.17) is 9.84 Å². The summed E-state index contributed by atoms with van der Waals surface area (Å²) in [5, 5.41) is 16.2. The highest BCUT2D eigenvalue weighted by Gasteiger charge is 2.11. The molecule has 0 aliphatic heterocycles. The molecule has 2 rings (SSSR count). The van der Waals surface area contributed by atoms with Crippen molar-refractivity contribution in [1.29, 1.82) is 0 Å². The Morgan fingerprint density at radius 1 is 1.44 bits per heavy atom. The highest BCUT2D eigenvalue weighted by molar-refractivity contribution is 5.84. The van der Waals surface area contributed by atoms with E-state index in [1.54, 1.807) is 6.07 Å². The number of aromatic carboxylic acids is 1. The van der Waals surface area contributed by atoms with Crippen LogP contribution in [0, 0.1) is 0 Å². The number of para-hydroxylation sites is 2. The fourth-order valence-electron chi connectivity index (χ4n) is 1.46. The SMILES string of the molecule is CCCOc1ccccc1-n1cc(C(=O)O)nn1. The van der Waals surface area contributed by atoms with Crippen LogP contribution in [0.25, 0.3) is 5.69 Å². The second-order valence-electron chi connectivity index (χ2n) is 3.67. The van der Waals surface area contributed by atoms with Gasteiger partial charge in [0.05, 0.1) is 12.8 Å². The van der Waals surface area contributed by atoms with Crippen molar-refractivity contribution in [2.24, 2.45) is 0 Å². The quantitative estimate of drug-likeness (QED) is 0.871. The van der Waals surface area contributed by atoms with Gasteiger partial charge in [-0.15, -0.1) is 5.10 Å². The molecule has 0 aliphatic rings. The first kappa shape index (κ1) is 12.1. The van der Waals surface area contributed by atoms with Crippen molar-refractivity contribution < 1.29 is 14.6 Å². The molecule has 6 heteroatoms. The van der Waals surface area contributed by atoms with Crippen molar-refractivity contribution >= 4 is 5.97 Å². The molecule has 0 radical (unpaired) electrons. The Bertz CT molecular complexity index is 551. The summed E-state index contributed by atoms with van der Waals surface area (Å²) in [6, 6.07) is 7.29. The Hall–Kier alpha value is -2.37. The van der Waals surface area contributed by atoms with Crippen molar-refractivity contribution in [3.8, 4) is 11.4 Å². The molecule has 0 fully saturated rings. The highest BCUT2D eigenvalue weighted by atomic mass is 16.5. The van der Waals surface area contributed by atoms with Crippen molar-refractivity contribution in [3.05, 3.63) is 36.2 Å². The van der Waals surface area contributed by atoms with E-state index in [0.717, 1.165) is 6.42 Å². The van der Waals surface area contributed by atoms with E-state index in [9.17, 15) is 4.79 Å². The molecule has 1 N–H and O–H groups in total. The number of nitrogens with zero attached hydrogens (tertiary/aromatic N) is 3. The van der Waals surface area contributed by atoms with Crippen LogP contribution < -0.4 is 4.74 Å². The Kier molecular flexibility index (Phi) is 3.57. The van der Waals surface area contributed by atoms with Crippen LogP contribution in [-0.4, -0.2) is 32.7 Å². The number of carboxylic acid groups (broad SMARTS) is 1. The van der Waals surface area contributed by atoms with Crippen LogP contribution in [-0.2, 0) is 0 Å². The molecule has 1 heterocycles. The van der Waals surface area contributed by atoms with Gasteiger partial charge in [0.1, 0.15) is 11.4 Å². The maximum atomic E-state index is 10.8. The standard InChI is InChI=1S/C12H13N3O3/c1-2-7-18-11-6-4-3-5-10(11)15-8-9(12(16)17)13-14-15/h3-6,8H,2,7H2,1H3,(H,16,17). The zero-order valence-electron chi connectivity index (χ0n) is 9.91. The van der Waals surface area contributed by atoms with Gasteiger partial charge in [0.15, 0.2) is 5.69 Å². The smallest absolute Gasteiger partial charge is 0.358 e. The van der Waals surface area contributed by atoms with Crippen molar-refractivity contribution in [3.63, 3.8) is 0 Å². The summed E-state index contributed by atoms with van der Waals surface area (Å²) in [4.78, 5) is 10.8. The fraction of sp³-hybridized carbons (Fsp3) is 0.250. The predicted octanol–water partition coefficient (Wildman–Crippen LogP) is 1.75. The lowest BCUT2D eigenvalue weighted by molar-refractivity contribution is 0.0690. The third-order valence-corrected chi connectivity index (χ3v) is 2.29. The van der Waals surface area contributed by atoms with Gasteiger partial charge >= 0.3 is 5.97 Å². The summed E-state index contributed by atoms with van der Waals surface area (Å²) in [6.07, 6.45) is 2.25. The van der Waals surface area contributed by atoms with Gasteiger partial charge in [-0.25, -0.2) is 9.48 Å². The number of hydrogen-bond donors (Lipinski definition) is 1. The van der Waals surface area contributed by atoms with Gasteiger partial charge in [-0.3, -0.25) is 0 Å². The first-order valence-electron chi connectivity index (χ1n) is 5.60. The van der Waals surface area contributed by atoms with Crippen molar-refractivity contribution in [2.75, 3.05) is 6.61 Å². The minimum absolute atomic E-state index is 0.0969. The van der Waals surface area contributed by atoms with E-state index in [0.29, 0.717) is 18.0 Å². The summed E-state index contributed by atoms with van der Waals surface area (Å²) in [5.41, 5.74) is 0.575. The zero-order chi connectivity index (χ0) is 13.0. The van der Waals surface area contributed by atoms with E-state index in [-0.39, 0.29) is 5.69 Å². The van der Waals surface area contributed by atoms with Crippen LogP contribution in [0.1, 0.15) is 23.8 Å². The molecule has 0 saturated heterocycles. The van der Waals surface area contributed by atoms with E-state index in [1.165, 1.54) is 10.9 Å². The minimum Gasteiger partial charge on any atom is -0.491 e. The molecule has 0 saturated carbocycles. The minimum atomic E-state index is -1.10. The normalized spacial score (nSPS) is 10.3. The molecule has 0 unspecified atom stereocenters. The topological polar surface area (TPSA) is 77.2 Å². The van der Waals surface area contributed by atoms with Crippen LogP contribution in [0.2, 0.25) is 0 Å². The van der Waals surface area contributed by atoms with Gasteiger partial charge < -0.3 is 9.84 Å². The lowest BCUT2D eigenvalue weighted by Gasteiger charge is -2.09. The van der Waals surface area contributed by atoms with Crippen LogP contribution in [0.3, 0.4) is 0 Å². The molecule has 0 aliphatic carbocycles. The molecule has 6 nitrogen and oxygen atoms in total. The third-order valence-electron chi connectivity index (χ3n) is 2.29. The number of hydrogen-bond acceptors (Lipinski definition) is 4. The van der Waals surface area contributed by atoms with Crippen LogP contribution in [0.15, 0.2) is 30.5 Å². The monoisotopic (exact) mass is 247 g/mol. The summed E-state index contributed by atoms with van der Waals surface area (Å²) < 4.78 is 6.97. The first-order valence-corrected chi connectivity index (χ1v) is 5.60. The summed E-state index contributed by atoms with van der Waals surface area (Å²) >= 11 is 0. The van der Waals surface area contributed by atoms with E-state index in [1.807, 2.05) is 25.1 Å². The number of ether oxygens (including phenoxy) is 1. The molecule has 0 spiro atoms. The molecule has 1 aromatic heterocycles. The maximum Gasteiger partial charge on any atom is 0.358 e. The fourth-order valence-corrected chi connectivity index (χ4v) is 1.46. The van der Waals surface area contributed by atoms with Gasteiger partial charge in [0.25, 0.3) is 0 Å². The van der Waals surface area contributed by atoms with Gasteiger partial charge in [-0.2, -0.15) is 0 Å². The van der Waals surface area contributed by atoms with Gasteiger partial charge in [0, 0.05) is 0 Å². The third kappa shape index (κ3) is 2.48. The van der Waals surface area contributed by atoms with E-state index >= 15 is 0 Å². The number of aromatic nitrogens is 3. The van der Waals surface area contributed by atoms with Crippen LogP contribution in [0.5, 0.6) is 5.75 Å². The zero-order valence-corrected chi connectivity index (χ0v) is 9.91. The molecular weight excluding hydrogens is 234 g/mol. The first-order chi connectivity index (χ1) is 8.72. The number of carbonyl (C=O) groups is 1. The molecule has 1 aromatic carbocycles. The van der Waals surface area contributed by atoms with E-state index in [2.05, 4.69) is 10.3 Å². The maximum absolute atomic E-state index is 10.8. The Morgan fingerprint density at radius 2 is 2.22 bits per heavy atom. The molecule has 0 amide bonds. The van der Waals surface area contributed by atoms with Gasteiger partial charge in [0.2, 0.25) is 0 Å². The lowest BCUT2D eigenvalue weighted by Crippen LogP contribution is -2.02. The van der Waals surface area contributed by atoms with Crippen molar-refractivity contribution in [1.82, 2.24) is 15.0 Å². The molecule has 94 valence electrons. The average Bonchev–Trinajstić information content (AvgIpc) is 2.86. The van der Waals surface area contributed by atoms with E-state index < -0.39 is 5.97 Å². The second-order valence-corrected chi connectivity index (χ2v) is 3.67. The lowest BCUT2D eigenvalue weighted by atomic mass is 10.3. The average molecular weight is 247 g/mol. The highest BCUT2D eigenvalue weighted by Crippen LogP contribution is 2.21. The molecule has 2 aromatic rings. The summed E-state index contributed by atoms with van der Waals surface area (Å²) in [6.45, 7) is 2.61. The molecular formula is C12H13N3O3. The second kappa shape index (κ2) is 5.31. The number of benzene rings is 1. The molecule has 0 atom stereocenters.